The maximum Gasteiger partial charge on any atom is 0.227 e. The van der Waals surface area contributed by atoms with Crippen molar-refractivity contribution >= 4 is 40.7 Å². The molecular weight excluding hydrogens is 363 g/mol. The molecule has 3 rings (SSSR count). The highest BCUT2D eigenvalue weighted by Gasteiger charge is 2.33. The van der Waals surface area contributed by atoms with Gasteiger partial charge in [0, 0.05) is 34.3 Å². The molecule has 0 spiro atoms. The first-order valence-corrected chi connectivity index (χ1v) is 8.46. The number of hydrogen-bond acceptors (Lipinski definition) is 3. The summed E-state index contributed by atoms with van der Waals surface area (Å²) in [6.07, 6.45) is 0.151. The number of anilines is 1. The van der Waals surface area contributed by atoms with Crippen LogP contribution in [0.5, 0.6) is 5.75 Å². The van der Waals surface area contributed by atoms with Crippen molar-refractivity contribution in [1.82, 2.24) is 0 Å². The van der Waals surface area contributed by atoms with Gasteiger partial charge in [0.1, 0.15) is 12.4 Å². The van der Waals surface area contributed by atoms with Crippen LogP contribution in [0.2, 0.25) is 10.0 Å². The summed E-state index contributed by atoms with van der Waals surface area (Å²) in [5.41, 5.74) is 6.71. The zero-order valence-corrected chi connectivity index (χ0v) is 14.8. The van der Waals surface area contributed by atoms with E-state index in [1.165, 1.54) is 0 Å². The molecule has 1 aliphatic heterocycles. The molecule has 0 aromatic heterocycles. The molecule has 1 aliphatic rings. The van der Waals surface area contributed by atoms with E-state index in [2.05, 4.69) is 0 Å². The number of nitrogens with two attached hydrogens (primary N) is 1. The predicted octanol–water partition coefficient (Wildman–Crippen LogP) is 3.41. The van der Waals surface area contributed by atoms with Crippen molar-refractivity contribution in [3.63, 3.8) is 0 Å². The molecule has 0 radical (unpaired) electrons. The van der Waals surface area contributed by atoms with Crippen molar-refractivity contribution in [3.8, 4) is 5.75 Å². The average Bonchev–Trinajstić information content (AvgIpc) is 2.97. The number of carbonyl (C=O) groups excluding carboxylic acids is 2. The molecule has 5 nitrogen and oxygen atoms in total. The molecule has 25 heavy (non-hydrogen) atoms. The van der Waals surface area contributed by atoms with Crippen molar-refractivity contribution in [3.05, 3.63) is 58.1 Å². The number of halogens is 2. The first-order valence-electron chi connectivity index (χ1n) is 7.71. The standard InChI is InChI=1S/C18H16Cl2N2O3/c19-15-2-1-3-16(20)14(15)10-25-13-6-4-12(5-7-13)22-9-11(18(21)24)8-17(22)23/h1-7,11H,8-10H2,(H2,21,24). The van der Waals surface area contributed by atoms with Gasteiger partial charge in [-0.05, 0) is 36.4 Å². The third-order valence-electron chi connectivity index (χ3n) is 4.12. The number of nitrogens with zero attached hydrogens (tertiary/aromatic N) is 1. The molecule has 1 heterocycles. The quantitative estimate of drug-likeness (QED) is 0.866. The van der Waals surface area contributed by atoms with E-state index in [9.17, 15) is 9.59 Å². The van der Waals surface area contributed by atoms with Gasteiger partial charge in [0.15, 0.2) is 0 Å². The summed E-state index contributed by atoms with van der Waals surface area (Å²) in [4.78, 5) is 24.8. The van der Waals surface area contributed by atoms with Gasteiger partial charge in [-0.25, -0.2) is 0 Å². The molecule has 2 N–H and O–H groups in total. The number of amides is 2. The second-order valence-corrected chi connectivity index (χ2v) is 6.60. The van der Waals surface area contributed by atoms with E-state index in [1.54, 1.807) is 47.4 Å². The Labute approximate surface area is 155 Å². The predicted molar refractivity (Wildman–Crippen MR) is 96.9 cm³/mol. The van der Waals surface area contributed by atoms with Gasteiger partial charge in [-0.3, -0.25) is 9.59 Å². The second kappa shape index (κ2) is 7.33. The molecule has 2 aromatic rings. The van der Waals surface area contributed by atoms with E-state index >= 15 is 0 Å². The molecular formula is C18H16Cl2N2O3. The molecule has 130 valence electrons. The monoisotopic (exact) mass is 378 g/mol. The minimum Gasteiger partial charge on any atom is -0.489 e. The maximum absolute atomic E-state index is 12.0. The normalized spacial score (nSPS) is 17.0. The van der Waals surface area contributed by atoms with Crippen LogP contribution in [0.1, 0.15) is 12.0 Å². The highest BCUT2D eigenvalue weighted by molar-refractivity contribution is 6.35. The highest BCUT2D eigenvalue weighted by Crippen LogP contribution is 2.28. The summed E-state index contributed by atoms with van der Waals surface area (Å²) in [5.74, 6) is -0.378. The molecule has 0 bridgehead atoms. The van der Waals surface area contributed by atoms with Gasteiger partial charge >= 0.3 is 0 Å². The Hall–Kier alpha value is -2.24. The molecule has 1 unspecified atom stereocenters. The van der Waals surface area contributed by atoms with Crippen molar-refractivity contribution in [2.24, 2.45) is 11.7 Å². The van der Waals surface area contributed by atoms with Gasteiger partial charge in [0.05, 0.1) is 5.92 Å². The number of primary amides is 1. The topological polar surface area (TPSA) is 72.6 Å². The Morgan fingerprint density at radius 3 is 2.36 bits per heavy atom. The molecule has 2 amide bonds. The van der Waals surface area contributed by atoms with E-state index in [0.717, 1.165) is 0 Å². The zero-order chi connectivity index (χ0) is 18.0. The van der Waals surface area contributed by atoms with Crippen LogP contribution in [-0.4, -0.2) is 18.4 Å². The van der Waals surface area contributed by atoms with Crippen LogP contribution in [0.25, 0.3) is 0 Å². The fraction of sp³-hybridized carbons (Fsp3) is 0.222. The maximum atomic E-state index is 12.0. The number of hydrogen-bond donors (Lipinski definition) is 1. The van der Waals surface area contributed by atoms with Crippen molar-refractivity contribution in [2.75, 3.05) is 11.4 Å². The van der Waals surface area contributed by atoms with Gasteiger partial charge in [-0.15, -0.1) is 0 Å². The number of benzene rings is 2. The van der Waals surface area contributed by atoms with Gasteiger partial charge in [-0.1, -0.05) is 29.3 Å². The van der Waals surface area contributed by atoms with Crippen LogP contribution in [0.3, 0.4) is 0 Å². The average molecular weight is 379 g/mol. The minimum atomic E-state index is -0.451. The molecule has 1 saturated heterocycles. The van der Waals surface area contributed by atoms with E-state index in [0.29, 0.717) is 33.6 Å². The van der Waals surface area contributed by atoms with Crippen molar-refractivity contribution in [1.29, 1.82) is 0 Å². The Bertz CT molecular complexity index is 788. The summed E-state index contributed by atoms with van der Waals surface area (Å²) in [5, 5.41) is 1.09. The van der Waals surface area contributed by atoms with Crippen LogP contribution in [0, 0.1) is 5.92 Å². The third-order valence-corrected chi connectivity index (χ3v) is 4.83. The first-order chi connectivity index (χ1) is 12.0. The lowest BCUT2D eigenvalue weighted by molar-refractivity contribution is -0.123. The third kappa shape index (κ3) is 3.89. The molecule has 1 fully saturated rings. The lowest BCUT2D eigenvalue weighted by atomic mass is 10.1. The molecule has 0 aliphatic carbocycles. The van der Waals surface area contributed by atoms with Crippen LogP contribution in [-0.2, 0) is 16.2 Å². The summed E-state index contributed by atoms with van der Waals surface area (Å²) in [6, 6.07) is 12.3. The summed E-state index contributed by atoms with van der Waals surface area (Å²) >= 11 is 12.2. The van der Waals surface area contributed by atoms with Gasteiger partial charge in [0.2, 0.25) is 11.8 Å². The highest BCUT2D eigenvalue weighted by atomic mass is 35.5. The Kier molecular flexibility index (Phi) is 5.16. The molecule has 0 saturated carbocycles. The summed E-state index contributed by atoms with van der Waals surface area (Å²) < 4.78 is 5.71. The Balaban J connectivity index is 1.67. The van der Waals surface area contributed by atoms with Crippen LogP contribution >= 0.6 is 23.2 Å². The molecule has 2 aromatic carbocycles. The number of ether oxygens (including phenoxy) is 1. The SMILES string of the molecule is NC(=O)C1CC(=O)N(c2ccc(OCc3c(Cl)cccc3Cl)cc2)C1. The molecule has 1 atom stereocenters. The van der Waals surface area contributed by atoms with Gasteiger partial charge in [0.25, 0.3) is 0 Å². The Morgan fingerprint density at radius 1 is 1.16 bits per heavy atom. The van der Waals surface area contributed by atoms with Gasteiger partial charge in [-0.2, -0.15) is 0 Å². The minimum absolute atomic E-state index is 0.111. The van der Waals surface area contributed by atoms with E-state index in [4.69, 9.17) is 33.7 Å². The fourth-order valence-electron chi connectivity index (χ4n) is 2.70. The lowest BCUT2D eigenvalue weighted by Gasteiger charge is -2.17. The van der Waals surface area contributed by atoms with E-state index < -0.39 is 11.8 Å². The summed E-state index contributed by atoms with van der Waals surface area (Å²) in [7, 11) is 0. The van der Waals surface area contributed by atoms with E-state index in [-0.39, 0.29) is 18.9 Å². The van der Waals surface area contributed by atoms with Crippen LogP contribution in [0.15, 0.2) is 42.5 Å². The number of carbonyl (C=O) groups is 2. The zero-order valence-electron chi connectivity index (χ0n) is 13.2. The first kappa shape index (κ1) is 17.6. The lowest BCUT2D eigenvalue weighted by Crippen LogP contribution is -2.28. The Morgan fingerprint density at radius 2 is 1.80 bits per heavy atom. The van der Waals surface area contributed by atoms with Crippen LogP contribution < -0.4 is 15.4 Å². The summed E-state index contributed by atoms with van der Waals surface area (Å²) in [6.45, 7) is 0.549. The van der Waals surface area contributed by atoms with Crippen LogP contribution in [0.4, 0.5) is 5.69 Å². The second-order valence-electron chi connectivity index (χ2n) is 5.79. The van der Waals surface area contributed by atoms with Crippen molar-refractivity contribution in [2.45, 2.75) is 13.0 Å². The van der Waals surface area contributed by atoms with Crippen molar-refractivity contribution < 1.29 is 14.3 Å². The number of rotatable bonds is 5. The largest absolute Gasteiger partial charge is 0.489 e. The fourth-order valence-corrected chi connectivity index (χ4v) is 3.20. The van der Waals surface area contributed by atoms with E-state index in [1.807, 2.05) is 0 Å². The molecule has 7 heteroatoms. The smallest absolute Gasteiger partial charge is 0.227 e. The van der Waals surface area contributed by atoms with Gasteiger partial charge < -0.3 is 15.4 Å².